The molecule has 240 valence electrons. The topological polar surface area (TPSA) is 176 Å². The number of oxazole rings is 1. The van der Waals surface area contributed by atoms with Gasteiger partial charge in [-0.1, -0.05) is 41.9 Å². The Labute approximate surface area is 270 Å². The minimum atomic E-state index is -1.22. The lowest BCUT2D eigenvalue weighted by Crippen LogP contribution is -2.52. The first-order chi connectivity index (χ1) is 22.1. The number of rotatable bonds is 5. The quantitative estimate of drug-likeness (QED) is 0.220. The molecule has 2 aromatic carbocycles. The highest BCUT2D eigenvalue weighted by Crippen LogP contribution is 2.24. The van der Waals surface area contributed by atoms with E-state index in [1.165, 1.54) is 6.92 Å². The maximum Gasteiger partial charge on any atom is 0.273 e. The zero-order chi connectivity index (χ0) is 32.8. The summed E-state index contributed by atoms with van der Waals surface area (Å²) in [6, 6.07) is 13.1. The molecule has 0 saturated carbocycles. The van der Waals surface area contributed by atoms with Crippen LogP contribution in [0.15, 0.2) is 65.3 Å². The largest absolute Gasteiger partial charge is 0.446 e. The van der Waals surface area contributed by atoms with Gasteiger partial charge in [0, 0.05) is 29.1 Å². The Kier molecular flexibility index (Phi) is 10.3. The van der Waals surface area contributed by atoms with E-state index >= 15 is 0 Å². The van der Waals surface area contributed by atoms with Crippen LogP contribution < -0.4 is 21.3 Å². The summed E-state index contributed by atoms with van der Waals surface area (Å²) in [6.45, 7) is 3.40. The van der Waals surface area contributed by atoms with E-state index in [9.17, 15) is 24.3 Å². The molecule has 2 aromatic heterocycles. The van der Waals surface area contributed by atoms with Crippen LogP contribution in [0.1, 0.15) is 70.2 Å². The molecule has 4 amide bonds. The van der Waals surface area contributed by atoms with E-state index < -0.39 is 47.9 Å². The molecule has 5 rings (SSSR count). The van der Waals surface area contributed by atoms with Gasteiger partial charge in [-0.05, 0) is 62.9 Å². The Morgan fingerprint density at radius 3 is 2.61 bits per heavy atom. The number of hydrogen-bond donors (Lipinski definition) is 5. The highest BCUT2D eigenvalue weighted by Gasteiger charge is 2.31. The second kappa shape index (κ2) is 14.5. The average Bonchev–Trinajstić information content (AvgIpc) is 3.52. The van der Waals surface area contributed by atoms with Crippen molar-refractivity contribution in [3.63, 3.8) is 0 Å². The van der Waals surface area contributed by atoms with Gasteiger partial charge in [-0.25, -0.2) is 4.98 Å². The first-order valence-corrected chi connectivity index (χ1v) is 15.4. The maximum absolute atomic E-state index is 13.9. The van der Waals surface area contributed by atoms with Gasteiger partial charge >= 0.3 is 0 Å². The summed E-state index contributed by atoms with van der Waals surface area (Å²) < 4.78 is 5.67. The van der Waals surface area contributed by atoms with E-state index in [0.717, 1.165) is 11.8 Å². The molecule has 0 unspecified atom stereocenters. The van der Waals surface area contributed by atoms with Gasteiger partial charge in [0.2, 0.25) is 17.7 Å². The number of benzene rings is 2. The molecule has 0 spiro atoms. The lowest BCUT2D eigenvalue weighted by molar-refractivity contribution is -0.125. The van der Waals surface area contributed by atoms with Crippen LogP contribution >= 0.6 is 11.6 Å². The summed E-state index contributed by atoms with van der Waals surface area (Å²) in [5.74, 6) is -2.18. The lowest BCUT2D eigenvalue weighted by atomic mass is 10.0. The Balaban J connectivity index is 1.47. The summed E-state index contributed by atoms with van der Waals surface area (Å²) in [7, 11) is 0. The number of carbonyl (C=O) groups excluding carboxylic acids is 4. The number of fused-ring (bicyclic) bond motifs is 3. The second-order valence-corrected chi connectivity index (χ2v) is 11.7. The summed E-state index contributed by atoms with van der Waals surface area (Å²) in [4.78, 5) is 62.3. The highest BCUT2D eigenvalue weighted by atomic mass is 35.5. The van der Waals surface area contributed by atoms with Crippen molar-refractivity contribution < 1.29 is 28.7 Å². The summed E-state index contributed by atoms with van der Waals surface area (Å²) in [6.07, 6.45) is 1.40. The number of aromatic nitrogens is 2. The van der Waals surface area contributed by atoms with Gasteiger partial charge in [0.05, 0.1) is 17.2 Å². The van der Waals surface area contributed by atoms with Crippen LogP contribution in [0.5, 0.6) is 0 Å². The molecule has 5 N–H and O–H groups in total. The molecule has 4 aromatic rings. The van der Waals surface area contributed by atoms with Crippen LogP contribution in [0.25, 0.3) is 10.9 Å². The van der Waals surface area contributed by atoms with Crippen molar-refractivity contribution in [2.75, 3.05) is 6.54 Å². The van der Waals surface area contributed by atoms with Crippen LogP contribution in [-0.2, 0) is 16.0 Å². The summed E-state index contributed by atoms with van der Waals surface area (Å²) in [5, 5.41) is 22.3. The Bertz CT molecular complexity index is 1740. The molecular weight excluding hydrogens is 612 g/mol. The van der Waals surface area contributed by atoms with Gasteiger partial charge in [0.25, 0.3) is 11.8 Å². The molecule has 0 fully saturated rings. The fraction of sp³-hybridized carbons (Fsp3) is 0.333. The smallest absolute Gasteiger partial charge is 0.273 e. The van der Waals surface area contributed by atoms with Crippen molar-refractivity contribution in [1.82, 2.24) is 31.2 Å². The van der Waals surface area contributed by atoms with Gasteiger partial charge in [-0.2, -0.15) is 0 Å². The number of aliphatic hydroxyl groups excluding tert-OH is 1. The molecular formula is C33H35ClN6O6. The molecule has 0 radical (unpaired) electrons. The zero-order valence-electron chi connectivity index (χ0n) is 25.4. The lowest BCUT2D eigenvalue weighted by Gasteiger charge is -2.23. The minimum Gasteiger partial charge on any atom is -0.446 e. The number of aliphatic hydroxyl groups is 1. The molecule has 1 aliphatic rings. The summed E-state index contributed by atoms with van der Waals surface area (Å²) >= 11 is 6.24. The molecule has 46 heavy (non-hydrogen) atoms. The number of halogens is 1. The van der Waals surface area contributed by atoms with Gasteiger partial charge in [-0.15, -0.1) is 0 Å². The van der Waals surface area contributed by atoms with Crippen LogP contribution in [0.4, 0.5) is 0 Å². The third-order valence-corrected chi connectivity index (χ3v) is 7.92. The predicted octanol–water partition coefficient (Wildman–Crippen LogP) is 3.16. The van der Waals surface area contributed by atoms with Crippen LogP contribution in [0, 0.1) is 6.92 Å². The monoisotopic (exact) mass is 646 g/mol. The molecule has 2 bridgehead atoms. The van der Waals surface area contributed by atoms with E-state index in [-0.39, 0.29) is 31.0 Å². The van der Waals surface area contributed by atoms with Crippen molar-refractivity contribution in [2.24, 2.45) is 0 Å². The van der Waals surface area contributed by atoms with Gasteiger partial charge in [-0.3, -0.25) is 24.2 Å². The number of carbonyl (C=O) groups is 4. The van der Waals surface area contributed by atoms with Crippen molar-refractivity contribution in [3.05, 3.63) is 94.3 Å². The Morgan fingerprint density at radius 1 is 1.07 bits per heavy atom. The SMILES string of the molecule is Cc1cc(C(=O)N[C@H]2CCCCNC(=O)[C@H]([C@@H](C)O)NC(=O)c3coc(n3)[C@H](Cc3ccccc3)NC2=O)c2cc(Cl)ccc2n1. The van der Waals surface area contributed by atoms with E-state index in [2.05, 4.69) is 31.2 Å². The molecule has 1 aliphatic heterocycles. The van der Waals surface area contributed by atoms with Gasteiger partial charge in [0.1, 0.15) is 24.4 Å². The number of aryl methyl sites for hydroxylation is 1. The Morgan fingerprint density at radius 2 is 1.85 bits per heavy atom. The first kappa shape index (κ1) is 32.6. The molecule has 12 nitrogen and oxygen atoms in total. The third kappa shape index (κ3) is 7.88. The number of hydrogen-bond acceptors (Lipinski definition) is 8. The molecule has 4 atom stereocenters. The van der Waals surface area contributed by atoms with E-state index in [1.54, 1.807) is 31.2 Å². The number of nitrogens with zero attached hydrogens (tertiary/aromatic N) is 2. The van der Waals surface area contributed by atoms with Crippen LogP contribution in [-0.4, -0.2) is 63.4 Å². The molecule has 13 heteroatoms. The fourth-order valence-corrected chi connectivity index (χ4v) is 5.48. The zero-order valence-corrected chi connectivity index (χ0v) is 26.1. The minimum absolute atomic E-state index is 0.0583. The number of amides is 4. The Hall–Kier alpha value is -4.81. The van der Waals surface area contributed by atoms with E-state index in [1.807, 2.05) is 30.3 Å². The van der Waals surface area contributed by atoms with Crippen LogP contribution in [0.3, 0.4) is 0 Å². The van der Waals surface area contributed by atoms with Crippen LogP contribution in [0.2, 0.25) is 5.02 Å². The van der Waals surface area contributed by atoms with Gasteiger partial charge < -0.3 is 30.8 Å². The standard InChI is InChI=1S/C33H35ClN6O6/c1-18-14-23(22-16-21(34)11-12-24(22)36-18)29(42)37-25-10-6-7-13-35-32(45)28(19(2)41)40-31(44)27-17-46-33(39-27)26(38-30(25)43)15-20-8-4-3-5-9-20/h3-5,8-9,11-12,14,16-17,19,25-26,28,41H,6-7,10,13,15H2,1-2H3,(H,35,45)(H,37,42)(H,38,43)(H,40,44)/t19-,25+,26+,28+/m1/s1. The van der Waals surface area contributed by atoms with E-state index in [4.69, 9.17) is 16.0 Å². The van der Waals surface area contributed by atoms with Crippen molar-refractivity contribution in [3.8, 4) is 0 Å². The number of pyridine rings is 1. The number of nitrogens with one attached hydrogen (secondary N) is 4. The normalized spacial score (nSPS) is 20.3. The summed E-state index contributed by atoms with van der Waals surface area (Å²) in [5.41, 5.74) is 2.28. The molecule has 0 aliphatic carbocycles. The molecule has 3 heterocycles. The average molecular weight is 647 g/mol. The third-order valence-electron chi connectivity index (χ3n) is 7.69. The highest BCUT2D eigenvalue weighted by molar-refractivity contribution is 6.31. The van der Waals surface area contributed by atoms with Crippen molar-refractivity contribution >= 4 is 46.1 Å². The predicted molar refractivity (Wildman–Crippen MR) is 170 cm³/mol. The van der Waals surface area contributed by atoms with Crippen molar-refractivity contribution in [2.45, 2.75) is 63.8 Å². The van der Waals surface area contributed by atoms with Crippen molar-refractivity contribution in [1.29, 1.82) is 0 Å². The van der Waals surface area contributed by atoms with E-state index in [0.29, 0.717) is 40.0 Å². The maximum atomic E-state index is 13.9. The second-order valence-electron chi connectivity index (χ2n) is 11.3. The first-order valence-electron chi connectivity index (χ1n) is 15.0. The molecule has 0 saturated heterocycles. The fourth-order valence-electron chi connectivity index (χ4n) is 5.31. The van der Waals surface area contributed by atoms with Gasteiger partial charge in [0.15, 0.2) is 5.69 Å².